The Morgan fingerprint density at radius 3 is 2.88 bits per heavy atom. The number of rotatable bonds is 4. The predicted molar refractivity (Wildman–Crippen MR) is 68.5 cm³/mol. The molecule has 0 aliphatic rings. The lowest BCUT2D eigenvalue weighted by Crippen LogP contribution is -2.00. The van der Waals surface area contributed by atoms with E-state index in [0.29, 0.717) is 17.8 Å². The smallest absolute Gasteiger partial charge is 0.160 e. The van der Waals surface area contributed by atoms with E-state index >= 15 is 0 Å². The van der Waals surface area contributed by atoms with Crippen LogP contribution < -0.4 is 0 Å². The summed E-state index contributed by atoms with van der Waals surface area (Å²) in [5.41, 5.74) is 2.92. The van der Waals surface area contributed by atoms with Crippen LogP contribution in [0.3, 0.4) is 0 Å². The Kier molecular flexibility index (Phi) is 3.64. The van der Waals surface area contributed by atoms with Gasteiger partial charge in [-0.15, -0.1) is 0 Å². The predicted octanol–water partition coefficient (Wildman–Crippen LogP) is 2.85. The van der Waals surface area contributed by atoms with Crippen molar-refractivity contribution in [3.8, 4) is 0 Å². The van der Waals surface area contributed by atoms with Gasteiger partial charge in [-0.25, -0.2) is 9.97 Å². The summed E-state index contributed by atoms with van der Waals surface area (Å²) in [6, 6.07) is 0.335. The third kappa shape index (κ3) is 2.42. The van der Waals surface area contributed by atoms with Crippen LogP contribution in [0.1, 0.15) is 25.5 Å². The summed E-state index contributed by atoms with van der Waals surface area (Å²) in [5.74, 6) is 0. The van der Waals surface area contributed by atoms with Crippen LogP contribution in [0.15, 0.2) is 12.4 Å². The standard InChI is InChI=1S/C12H16ClN3O/c1-8(2)16-7-9(4-5-17-3)11-12(16)15-10(13)6-14-11/h6-8H,4-5H2,1-3H3. The Morgan fingerprint density at radius 2 is 2.24 bits per heavy atom. The fourth-order valence-corrected chi connectivity index (χ4v) is 1.97. The number of ether oxygens (including phenoxy) is 1. The average Bonchev–Trinajstić information content (AvgIpc) is 2.64. The third-order valence-corrected chi connectivity index (χ3v) is 2.88. The molecule has 0 atom stereocenters. The van der Waals surface area contributed by atoms with Gasteiger partial charge in [0.15, 0.2) is 5.65 Å². The highest BCUT2D eigenvalue weighted by molar-refractivity contribution is 6.29. The number of methoxy groups -OCH3 is 1. The van der Waals surface area contributed by atoms with Crippen LogP contribution in [0.25, 0.3) is 11.2 Å². The molecule has 5 heteroatoms. The van der Waals surface area contributed by atoms with E-state index in [4.69, 9.17) is 16.3 Å². The largest absolute Gasteiger partial charge is 0.384 e. The lowest BCUT2D eigenvalue weighted by atomic mass is 10.2. The fraction of sp³-hybridized carbons (Fsp3) is 0.500. The van der Waals surface area contributed by atoms with E-state index in [9.17, 15) is 0 Å². The SMILES string of the molecule is COCCc1cn(C(C)C)c2nc(Cl)cnc12. The monoisotopic (exact) mass is 253 g/mol. The topological polar surface area (TPSA) is 39.9 Å². The highest BCUT2D eigenvalue weighted by Gasteiger charge is 2.13. The van der Waals surface area contributed by atoms with Crippen molar-refractivity contribution in [1.82, 2.24) is 14.5 Å². The summed E-state index contributed by atoms with van der Waals surface area (Å²) in [4.78, 5) is 8.72. The molecule has 17 heavy (non-hydrogen) atoms. The van der Waals surface area contributed by atoms with Gasteiger partial charge >= 0.3 is 0 Å². The molecule has 0 aromatic carbocycles. The fourth-order valence-electron chi connectivity index (χ4n) is 1.84. The van der Waals surface area contributed by atoms with Crippen LogP contribution in [0, 0.1) is 0 Å². The van der Waals surface area contributed by atoms with Crippen molar-refractivity contribution in [1.29, 1.82) is 0 Å². The Labute approximate surface area is 106 Å². The van der Waals surface area contributed by atoms with Gasteiger partial charge < -0.3 is 9.30 Å². The first-order chi connectivity index (χ1) is 8.13. The minimum absolute atomic E-state index is 0.335. The Hall–Kier alpha value is -1.13. The number of hydrogen-bond acceptors (Lipinski definition) is 3. The first-order valence-electron chi connectivity index (χ1n) is 5.64. The molecule has 0 saturated heterocycles. The van der Waals surface area contributed by atoms with E-state index in [2.05, 4.69) is 34.6 Å². The molecule has 0 radical (unpaired) electrons. The maximum atomic E-state index is 5.90. The van der Waals surface area contributed by atoms with Crippen LogP contribution in [0.4, 0.5) is 0 Å². The van der Waals surface area contributed by atoms with Crippen molar-refractivity contribution in [3.05, 3.63) is 23.1 Å². The van der Waals surface area contributed by atoms with Gasteiger partial charge in [0.25, 0.3) is 0 Å². The van der Waals surface area contributed by atoms with Gasteiger partial charge in [-0.1, -0.05) is 11.6 Å². The molecule has 2 aromatic rings. The second-order valence-electron chi connectivity index (χ2n) is 4.26. The maximum absolute atomic E-state index is 5.90. The summed E-state index contributed by atoms with van der Waals surface area (Å²) in [7, 11) is 1.70. The highest BCUT2D eigenvalue weighted by Crippen LogP contribution is 2.23. The molecule has 0 aliphatic heterocycles. The van der Waals surface area contributed by atoms with Crippen LogP contribution >= 0.6 is 11.6 Å². The van der Waals surface area contributed by atoms with Crippen LogP contribution in [-0.4, -0.2) is 28.3 Å². The van der Waals surface area contributed by atoms with Gasteiger partial charge in [-0.3, -0.25) is 0 Å². The summed E-state index contributed by atoms with van der Waals surface area (Å²) in [6.07, 6.45) is 4.51. The van der Waals surface area contributed by atoms with E-state index in [1.54, 1.807) is 13.3 Å². The van der Waals surface area contributed by atoms with E-state index in [1.807, 2.05) is 0 Å². The molecule has 0 amide bonds. The molecule has 4 nitrogen and oxygen atoms in total. The molecule has 0 bridgehead atoms. The van der Waals surface area contributed by atoms with Gasteiger partial charge in [0.2, 0.25) is 0 Å². The van der Waals surface area contributed by atoms with E-state index in [0.717, 1.165) is 23.1 Å². The lowest BCUT2D eigenvalue weighted by Gasteiger charge is -2.07. The molecule has 2 aromatic heterocycles. The van der Waals surface area contributed by atoms with Crippen molar-refractivity contribution >= 4 is 22.8 Å². The Morgan fingerprint density at radius 1 is 1.47 bits per heavy atom. The maximum Gasteiger partial charge on any atom is 0.160 e. The van der Waals surface area contributed by atoms with Crippen molar-refractivity contribution in [2.24, 2.45) is 0 Å². The van der Waals surface area contributed by atoms with Crippen molar-refractivity contribution in [2.45, 2.75) is 26.3 Å². The summed E-state index contributed by atoms with van der Waals surface area (Å²) >= 11 is 5.90. The molecule has 0 spiro atoms. The molecule has 0 fully saturated rings. The second kappa shape index (κ2) is 5.02. The highest BCUT2D eigenvalue weighted by atomic mass is 35.5. The number of nitrogens with zero attached hydrogens (tertiary/aromatic N) is 3. The molecule has 0 N–H and O–H groups in total. The van der Waals surface area contributed by atoms with Gasteiger partial charge in [-0.2, -0.15) is 0 Å². The minimum Gasteiger partial charge on any atom is -0.384 e. The lowest BCUT2D eigenvalue weighted by molar-refractivity contribution is 0.202. The van der Waals surface area contributed by atoms with Gasteiger partial charge in [0, 0.05) is 24.9 Å². The second-order valence-corrected chi connectivity index (χ2v) is 4.65. The molecule has 92 valence electrons. The van der Waals surface area contributed by atoms with Crippen LogP contribution in [0.2, 0.25) is 5.15 Å². The van der Waals surface area contributed by atoms with E-state index in [-0.39, 0.29) is 0 Å². The molecule has 2 heterocycles. The Bertz CT molecular complexity index is 522. The molecular formula is C12H16ClN3O. The zero-order valence-corrected chi connectivity index (χ0v) is 11.0. The van der Waals surface area contributed by atoms with Crippen LogP contribution in [-0.2, 0) is 11.2 Å². The number of fused-ring (bicyclic) bond motifs is 1. The van der Waals surface area contributed by atoms with Crippen LogP contribution in [0.5, 0.6) is 0 Å². The van der Waals surface area contributed by atoms with Crippen molar-refractivity contribution in [2.75, 3.05) is 13.7 Å². The van der Waals surface area contributed by atoms with E-state index < -0.39 is 0 Å². The molecular weight excluding hydrogens is 238 g/mol. The van der Waals surface area contributed by atoms with Gasteiger partial charge in [-0.05, 0) is 20.3 Å². The first kappa shape index (κ1) is 12.3. The zero-order chi connectivity index (χ0) is 12.4. The quantitative estimate of drug-likeness (QED) is 0.841. The van der Waals surface area contributed by atoms with Gasteiger partial charge in [0.1, 0.15) is 10.7 Å². The zero-order valence-electron chi connectivity index (χ0n) is 10.3. The number of halogens is 1. The third-order valence-electron chi connectivity index (χ3n) is 2.70. The summed E-state index contributed by atoms with van der Waals surface area (Å²) in [6.45, 7) is 4.91. The average molecular weight is 254 g/mol. The number of aromatic nitrogens is 3. The first-order valence-corrected chi connectivity index (χ1v) is 6.02. The Balaban J connectivity index is 2.54. The molecule has 0 unspecified atom stereocenters. The molecule has 2 rings (SSSR count). The number of hydrogen-bond donors (Lipinski definition) is 0. The normalized spacial score (nSPS) is 11.6. The molecule has 0 saturated carbocycles. The van der Waals surface area contributed by atoms with E-state index in [1.165, 1.54) is 0 Å². The molecule has 0 aliphatic carbocycles. The van der Waals surface area contributed by atoms with Gasteiger partial charge in [0.05, 0.1) is 12.8 Å². The minimum atomic E-state index is 0.335. The summed E-state index contributed by atoms with van der Waals surface area (Å²) < 4.78 is 7.20. The van der Waals surface area contributed by atoms with Crippen molar-refractivity contribution < 1.29 is 4.74 Å². The van der Waals surface area contributed by atoms with Crippen molar-refractivity contribution in [3.63, 3.8) is 0 Å². The summed E-state index contributed by atoms with van der Waals surface area (Å²) in [5, 5.41) is 0.427.